The topological polar surface area (TPSA) is 80.6 Å². The number of aromatic nitrogens is 2. The maximum Gasteiger partial charge on any atom is 0.258 e. The van der Waals surface area contributed by atoms with Gasteiger partial charge in [-0.15, -0.1) is 0 Å². The Hall–Kier alpha value is -2.80. The van der Waals surface area contributed by atoms with E-state index in [1.54, 1.807) is 26.4 Å². The van der Waals surface area contributed by atoms with Crippen LogP contribution in [0.1, 0.15) is 36.6 Å². The lowest BCUT2D eigenvalue weighted by Crippen LogP contribution is -2.21. The van der Waals surface area contributed by atoms with Crippen LogP contribution < -0.4 is 15.0 Å². The van der Waals surface area contributed by atoms with E-state index >= 15 is 0 Å². The van der Waals surface area contributed by atoms with Gasteiger partial charge in [0.2, 0.25) is 0 Å². The fourth-order valence-corrected chi connectivity index (χ4v) is 3.56. The summed E-state index contributed by atoms with van der Waals surface area (Å²) in [6.45, 7) is 3.38. The first-order chi connectivity index (χ1) is 13.5. The Bertz CT molecular complexity index is 1060. The average Bonchev–Trinajstić information content (AvgIpc) is 3.22. The van der Waals surface area contributed by atoms with Gasteiger partial charge < -0.3 is 18.9 Å². The first-order valence-corrected chi connectivity index (χ1v) is 9.40. The van der Waals surface area contributed by atoms with Crippen LogP contribution in [-0.4, -0.2) is 36.1 Å². The molecule has 1 aromatic carbocycles. The number of rotatable bonds is 7. The highest BCUT2D eigenvalue weighted by Crippen LogP contribution is 2.47. The summed E-state index contributed by atoms with van der Waals surface area (Å²) in [6.07, 6.45) is 1.21. The van der Waals surface area contributed by atoms with Gasteiger partial charge in [-0.3, -0.25) is 9.69 Å². The molecule has 2 heterocycles. The smallest absolute Gasteiger partial charge is 0.258 e. The van der Waals surface area contributed by atoms with Crippen molar-refractivity contribution in [3.8, 4) is 11.5 Å². The van der Waals surface area contributed by atoms with E-state index in [9.17, 15) is 4.79 Å². The SMILES string of the molecule is COc1cc2nc(CN(C)Cc3ccc([C@H]4C[C@H]4C)o3)[nH]c(=O)c2cc1OC. The summed E-state index contributed by atoms with van der Waals surface area (Å²) < 4.78 is 16.6. The van der Waals surface area contributed by atoms with Crippen LogP contribution in [0.3, 0.4) is 0 Å². The van der Waals surface area contributed by atoms with Crippen LogP contribution >= 0.6 is 0 Å². The van der Waals surface area contributed by atoms with Gasteiger partial charge in [0.25, 0.3) is 5.56 Å². The molecule has 0 aliphatic heterocycles. The average molecular weight is 383 g/mol. The summed E-state index contributed by atoms with van der Waals surface area (Å²) in [5, 5.41) is 0.471. The van der Waals surface area contributed by atoms with Crippen molar-refractivity contribution in [2.45, 2.75) is 32.4 Å². The molecule has 28 heavy (non-hydrogen) atoms. The number of hydrogen-bond acceptors (Lipinski definition) is 6. The van der Waals surface area contributed by atoms with Crippen LogP contribution in [0.5, 0.6) is 11.5 Å². The minimum atomic E-state index is -0.197. The maximum absolute atomic E-state index is 12.5. The number of ether oxygens (including phenoxy) is 2. The second-order valence-corrected chi connectivity index (χ2v) is 7.53. The van der Waals surface area contributed by atoms with Gasteiger partial charge in [0.05, 0.1) is 38.2 Å². The number of methoxy groups -OCH3 is 2. The molecule has 2 aromatic heterocycles. The van der Waals surface area contributed by atoms with Crippen molar-refractivity contribution in [2.24, 2.45) is 5.92 Å². The molecule has 0 spiro atoms. The molecule has 0 bridgehead atoms. The minimum absolute atomic E-state index is 0.197. The van der Waals surface area contributed by atoms with Gasteiger partial charge in [0.15, 0.2) is 11.5 Å². The van der Waals surface area contributed by atoms with E-state index < -0.39 is 0 Å². The molecule has 148 valence electrons. The Morgan fingerprint density at radius 2 is 1.93 bits per heavy atom. The molecule has 2 atom stereocenters. The number of H-pyrrole nitrogens is 1. The first-order valence-electron chi connectivity index (χ1n) is 9.40. The monoisotopic (exact) mass is 383 g/mol. The molecule has 0 unspecified atom stereocenters. The number of benzene rings is 1. The minimum Gasteiger partial charge on any atom is -0.493 e. The molecule has 7 nitrogen and oxygen atoms in total. The standard InChI is InChI=1S/C21H25N3O4/c1-12-7-14(12)17-6-5-13(28-17)10-24(2)11-20-22-16-9-19(27-4)18(26-3)8-15(16)21(25)23-20/h5-6,8-9,12,14H,7,10-11H2,1-4H3,(H,22,23,25)/t12-,14+/m1/s1. The molecule has 1 aliphatic rings. The molecule has 0 amide bonds. The van der Waals surface area contributed by atoms with Gasteiger partial charge in [-0.1, -0.05) is 6.92 Å². The van der Waals surface area contributed by atoms with Crippen molar-refractivity contribution < 1.29 is 13.9 Å². The van der Waals surface area contributed by atoms with Gasteiger partial charge in [-0.2, -0.15) is 0 Å². The molecule has 4 rings (SSSR count). The second kappa shape index (κ2) is 7.31. The zero-order valence-corrected chi connectivity index (χ0v) is 16.6. The predicted octanol–water partition coefficient (Wildman–Crippen LogP) is 3.29. The molecule has 1 saturated carbocycles. The van der Waals surface area contributed by atoms with Crippen LogP contribution in [0.4, 0.5) is 0 Å². The number of furan rings is 1. The van der Waals surface area contributed by atoms with Gasteiger partial charge in [0.1, 0.15) is 17.3 Å². The summed E-state index contributed by atoms with van der Waals surface area (Å²) in [5.74, 6) is 4.94. The van der Waals surface area contributed by atoms with E-state index in [0.717, 1.165) is 17.4 Å². The summed E-state index contributed by atoms with van der Waals surface area (Å²) in [5.41, 5.74) is 0.380. The normalized spacial score (nSPS) is 18.6. The van der Waals surface area contributed by atoms with Crippen LogP contribution in [0, 0.1) is 5.92 Å². The van der Waals surface area contributed by atoms with Crippen molar-refractivity contribution >= 4 is 10.9 Å². The number of nitrogens with one attached hydrogen (secondary N) is 1. The lowest BCUT2D eigenvalue weighted by atomic mass is 10.2. The summed E-state index contributed by atoms with van der Waals surface area (Å²) in [6, 6.07) is 7.48. The number of hydrogen-bond donors (Lipinski definition) is 1. The summed E-state index contributed by atoms with van der Waals surface area (Å²) in [4.78, 5) is 22.0. The Labute approximate surface area is 163 Å². The van der Waals surface area contributed by atoms with Crippen molar-refractivity contribution in [3.05, 3.63) is 52.0 Å². The lowest BCUT2D eigenvalue weighted by molar-refractivity contribution is 0.277. The second-order valence-electron chi connectivity index (χ2n) is 7.53. The van der Waals surface area contributed by atoms with E-state index in [2.05, 4.69) is 27.9 Å². The van der Waals surface area contributed by atoms with Crippen LogP contribution in [-0.2, 0) is 13.1 Å². The third-order valence-electron chi connectivity index (χ3n) is 5.26. The lowest BCUT2D eigenvalue weighted by Gasteiger charge is -2.15. The summed E-state index contributed by atoms with van der Waals surface area (Å²) >= 11 is 0. The van der Waals surface area contributed by atoms with E-state index in [4.69, 9.17) is 13.9 Å². The molecule has 1 aliphatic carbocycles. The van der Waals surface area contributed by atoms with Gasteiger partial charge >= 0.3 is 0 Å². The molecular formula is C21H25N3O4. The van der Waals surface area contributed by atoms with Crippen molar-refractivity contribution in [1.29, 1.82) is 0 Å². The van der Waals surface area contributed by atoms with E-state index in [1.807, 2.05) is 13.1 Å². The van der Waals surface area contributed by atoms with Crippen LogP contribution in [0.25, 0.3) is 10.9 Å². The largest absolute Gasteiger partial charge is 0.493 e. The van der Waals surface area contributed by atoms with Crippen LogP contribution in [0.2, 0.25) is 0 Å². The Morgan fingerprint density at radius 3 is 2.61 bits per heavy atom. The van der Waals surface area contributed by atoms with Crippen molar-refractivity contribution in [2.75, 3.05) is 21.3 Å². The highest BCUT2D eigenvalue weighted by atomic mass is 16.5. The fraction of sp³-hybridized carbons (Fsp3) is 0.429. The first kappa shape index (κ1) is 18.6. The molecular weight excluding hydrogens is 358 g/mol. The number of fused-ring (bicyclic) bond motifs is 1. The Morgan fingerprint density at radius 1 is 1.21 bits per heavy atom. The highest BCUT2D eigenvalue weighted by Gasteiger charge is 2.36. The number of aromatic amines is 1. The quantitative estimate of drug-likeness (QED) is 0.674. The Balaban J connectivity index is 1.52. The molecule has 0 radical (unpaired) electrons. The van der Waals surface area contributed by atoms with Crippen molar-refractivity contribution in [1.82, 2.24) is 14.9 Å². The van der Waals surface area contributed by atoms with Gasteiger partial charge in [-0.05, 0) is 37.6 Å². The van der Waals surface area contributed by atoms with E-state index in [-0.39, 0.29) is 5.56 Å². The third kappa shape index (κ3) is 3.62. The van der Waals surface area contributed by atoms with E-state index in [0.29, 0.717) is 47.2 Å². The highest BCUT2D eigenvalue weighted by molar-refractivity contribution is 5.81. The molecule has 3 aromatic rings. The zero-order valence-electron chi connectivity index (χ0n) is 16.6. The molecule has 7 heteroatoms. The number of nitrogens with zero attached hydrogens (tertiary/aromatic N) is 2. The van der Waals surface area contributed by atoms with Gasteiger partial charge in [0, 0.05) is 12.0 Å². The fourth-order valence-electron chi connectivity index (χ4n) is 3.56. The molecule has 1 fully saturated rings. The summed E-state index contributed by atoms with van der Waals surface area (Å²) in [7, 11) is 5.07. The predicted molar refractivity (Wildman–Crippen MR) is 106 cm³/mol. The maximum atomic E-state index is 12.5. The zero-order chi connectivity index (χ0) is 19.8. The van der Waals surface area contributed by atoms with Crippen molar-refractivity contribution in [3.63, 3.8) is 0 Å². The Kier molecular flexibility index (Phi) is 4.85. The van der Waals surface area contributed by atoms with Gasteiger partial charge in [-0.25, -0.2) is 4.98 Å². The third-order valence-corrected chi connectivity index (χ3v) is 5.26. The van der Waals surface area contributed by atoms with E-state index in [1.165, 1.54) is 6.42 Å². The molecule has 1 N–H and O–H groups in total. The molecule has 0 saturated heterocycles. The van der Waals surface area contributed by atoms with Crippen LogP contribution in [0.15, 0.2) is 33.5 Å².